The van der Waals surface area contributed by atoms with Crippen LogP contribution < -0.4 is 0 Å². The van der Waals surface area contributed by atoms with Gasteiger partial charge in [0, 0.05) is 5.56 Å². The van der Waals surface area contributed by atoms with Gasteiger partial charge in [0.2, 0.25) is 0 Å². The van der Waals surface area contributed by atoms with Crippen molar-refractivity contribution in [1.82, 2.24) is 0 Å². The summed E-state index contributed by atoms with van der Waals surface area (Å²) >= 11 is 0. The molecular weight excluding hydrogens is 260 g/mol. The zero-order valence-electron chi connectivity index (χ0n) is 13.6. The number of aryl methyl sites for hydroxylation is 1. The fourth-order valence-electron chi connectivity index (χ4n) is 4.46. The Kier molecular flexibility index (Phi) is 3.48. The van der Waals surface area contributed by atoms with Gasteiger partial charge in [-0.2, -0.15) is 0 Å². The number of rotatable bonds is 4. The van der Waals surface area contributed by atoms with Crippen molar-refractivity contribution in [2.45, 2.75) is 53.1 Å². The van der Waals surface area contributed by atoms with Crippen LogP contribution in [0.4, 0.5) is 0 Å². The van der Waals surface area contributed by atoms with Crippen LogP contribution in [0.2, 0.25) is 0 Å². The van der Waals surface area contributed by atoms with Crippen LogP contribution in [0.3, 0.4) is 0 Å². The number of carbonyl (C=O) groups is 1. The van der Waals surface area contributed by atoms with Crippen molar-refractivity contribution >= 4 is 5.78 Å². The summed E-state index contributed by atoms with van der Waals surface area (Å²) in [5.74, 6) is 0.851. The molecular formula is C19H26O2. The lowest BCUT2D eigenvalue weighted by molar-refractivity contribution is -0.0390. The number of hydrogen-bond donors (Lipinski definition) is 0. The molecule has 2 aliphatic carbocycles. The molecule has 114 valence electrons. The molecule has 1 aromatic rings. The summed E-state index contributed by atoms with van der Waals surface area (Å²) in [7, 11) is 0. The first kappa shape index (κ1) is 14.8. The summed E-state index contributed by atoms with van der Waals surface area (Å²) in [4.78, 5) is 12.3. The van der Waals surface area contributed by atoms with Crippen LogP contribution in [0.15, 0.2) is 24.3 Å². The number of carbonyl (C=O) groups excluding carboxylic acids is 1. The molecule has 0 aromatic heterocycles. The standard InChI is InChI=1S/C19H26O2/c1-13-6-5-7-14(10-13)16(20)12-21-17-11-15-8-9-19(17,4)18(15,2)3/h5-7,10,15,17H,8-9,11-12H2,1-4H3. The fourth-order valence-corrected chi connectivity index (χ4v) is 4.46. The third kappa shape index (κ3) is 2.24. The van der Waals surface area contributed by atoms with Gasteiger partial charge in [-0.25, -0.2) is 0 Å². The molecule has 2 heteroatoms. The van der Waals surface area contributed by atoms with Crippen LogP contribution in [0.5, 0.6) is 0 Å². The summed E-state index contributed by atoms with van der Waals surface area (Å²) in [5, 5.41) is 0. The predicted octanol–water partition coefficient (Wildman–Crippen LogP) is 4.41. The summed E-state index contributed by atoms with van der Waals surface area (Å²) < 4.78 is 6.08. The van der Waals surface area contributed by atoms with E-state index in [0.717, 1.165) is 23.5 Å². The molecule has 2 saturated carbocycles. The number of ketones is 1. The summed E-state index contributed by atoms with van der Waals surface area (Å²) in [6, 6.07) is 7.77. The van der Waals surface area contributed by atoms with Crippen molar-refractivity contribution < 1.29 is 9.53 Å². The number of hydrogen-bond acceptors (Lipinski definition) is 2. The normalized spacial score (nSPS) is 33.3. The van der Waals surface area contributed by atoms with Gasteiger partial charge < -0.3 is 4.74 Å². The molecule has 0 amide bonds. The van der Waals surface area contributed by atoms with Crippen molar-refractivity contribution in [2.24, 2.45) is 16.7 Å². The van der Waals surface area contributed by atoms with E-state index >= 15 is 0 Å². The van der Waals surface area contributed by atoms with E-state index in [0.29, 0.717) is 5.41 Å². The van der Waals surface area contributed by atoms with Gasteiger partial charge in [0.15, 0.2) is 5.78 Å². The zero-order chi connectivity index (χ0) is 15.3. The molecule has 2 fully saturated rings. The van der Waals surface area contributed by atoms with E-state index in [1.807, 2.05) is 31.2 Å². The van der Waals surface area contributed by atoms with Crippen LogP contribution in [0.25, 0.3) is 0 Å². The van der Waals surface area contributed by atoms with Crippen molar-refractivity contribution in [2.75, 3.05) is 6.61 Å². The lowest BCUT2D eigenvalue weighted by Gasteiger charge is -2.38. The number of ether oxygens (including phenoxy) is 1. The first-order valence-corrected chi connectivity index (χ1v) is 8.06. The topological polar surface area (TPSA) is 26.3 Å². The van der Waals surface area contributed by atoms with Crippen molar-refractivity contribution in [1.29, 1.82) is 0 Å². The molecule has 2 nitrogen and oxygen atoms in total. The lowest BCUT2D eigenvalue weighted by Crippen LogP contribution is -2.38. The van der Waals surface area contributed by atoms with Gasteiger partial charge in [-0.3, -0.25) is 4.79 Å². The highest BCUT2D eigenvalue weighted by molar-refractivity contribution is 5.97. The Hall–Kier alpha value is -1.15. The molecule has 0 aliphatic heterocycles. The molecule has 3 rings (SSSR count). The van der Waals surface area contributed by atoms with Crippen molar-refractivity contribution in [3.8, 4) is 0 Å². The molecule has 1 aromatic carbocycles. The van der Waals surface area contributed by atoms with Crippen molar-refractivity contribution in [3.63, 3.8) is 0 Å². The summed E-state index contributed by atoms with van der Waals surface area (Å²) in [6.45, 7) is 9.32. The minimum atomic E-state index is 0.0999. The Morgan fingerprint density at radius 3 is 2.67 bits per heavy atom. The number of benzene rings is 1. The lowest BCUT2D eigenvalue weighted by atomic mass is 9.70. The molecule has 0 heterocycles. The van der Waals surface area contributed by atoms with Crippen LogP contribution in [0.1, 0.15) is 56.0 Å². The van der Waals surface area contributed by atoms with Crippen molar-refractivity contribution in [3.05, 3.63) is 35.4 Å². The van der Waals surface area contributed by atoms with Gasteiger partial charge in [-0.15, -0.1) is 0 Å². The average molecular weight is 286 g/mol. The highest BCUT2D eigenvalue weighted by Gasteiger charge is 2.61. The second kappa shape index (κ2) is 4.95. The first-order chi connectivity index (χ1) is 9.84. The van der Waals surface area contributed by atoms with Gasteiger partial charge in [-0.05, 0) is 49.0 Å². The third-order valence-electron chi connectivity index (χ3n) is 6.47. The second-order valence-electron chi connectivity index (χ2n) is 7.70. The fraction of sp³-hybridized carbons (Fsp3) is 0.632. The average Bonchev–Trinajstić information content (AvgIpc) is 2.77. The van der Waals surface area contributed by atoms with E-state index < -0.39 is 0 Å². The Balaban J connectivity index is 1.66. The van der Waals surface area contributed by atoms with Gasteiger partial charge in [0.05, 0.1) is 6.10 Å². The summed E-state index contributed by atoms with van der Waals surface area (Å²) in [5.41, 5.74) is 2.45. The molecule has 0 spiro atoms. The minimum Gasteiger partial charge on any atom is -0.369 e. The largest absolute Gasteiger partial charge is 0.369 e. The molecule has 0 N–H and O–H groups in total. The highest BCUT2D eigenvalue weighted by Crippen LogP contribution is 2.66. The molecule has 21 heavy (non-hydrogen) atoms. The van der Waals surface area contributed by atoms with E-state index in [1.165, 1.54) is 12.8 Å². The number of fused-ring (bicyclic) bond motifs is 2. The Bertz CT molecular complexity index is 560. The van der Waals surface area contributed by atoms with Crippen LogP contribution in [0, 0.1) is 23.7 Å². The molecule has 0 saturated heterocycles. The summed E-state index contributed by atoms with van der Waals surface area (Å²) in [6.07, 6.45) is 3.90. The van der Waals surface area contributed by atoms with Gasteiger partial charge in [0.1, 0.15) is 6.61 Å². The van der Waals surface area contributed by atoms with Crippen LogP contribution >= 0.6 is 0 Å². The predicted molar refractivity (Wildman–Crippen MR) is 84.5 cm³/mol. The molecule has 3 atom stereocenters. The maximum atomic E-state index is 12.3. The quantitative estimate of drug-likeness (QED) is 0.766. The smallest absolute Gasteiger partial charge is 0.188 e. The van der Waals surface area contributed by atoms with E-state index in [1.54, 1.807) is 0 Å². The van der Waals surface area contributed by atoms with E-state index in [-0.39, 0.29) is 23.9 Å². The van der Waals surface area contributed by atoms with E-state index in [9.17, 15) is 4.79 Å². The molecule has 2 bridgehead atoms. The third-order valence-corrected chi connectivity index (χ3v) is 6.47. The minimum absolute atomic E-state index is 0.0999. The Morgan fingerprint density at radius 2 is 2.10 bits per heavy atom. The van der Waals surface area contributed by atoms with Crippen LogP contribution in [-0.4, -0.2) is 18.5 Å². The molecule has 3 unspecified atom stereocenters. The van der Waals surface area contributed by atoms with Gasteiger partial charge in [0.25, 0.3) is 0 Å². The Labute approximate surface area is 127 Å². The number of Topliss-reactive ketones (excluding diaryl/α,β-unsaturated/α-hetero) is 1. The SMILES string of the molecule is Cc1cccc(C(=O)COC2CC3CCC2(C)C3(C)C)c1. The molecule has 0 radical (unpaired) electrons. The van der Waals surface area contributed by atoms with Crippen LogP contribution in [-0.2, 0) is 4.74 Å². The zero-order valence-corrected chi connectivity index (χ0v) is 13.6. The maximum absolute atomic E-state index is 12.3. The Morgan fingerprint density at radius 1 is 1.33 bits per heavy atom. The maximum Gasteiger partial charge on any atom is 0.188 e. The van der Waals surface area contributed by atoms with Gasteiger partial charge >= 0.3 is 0 Å². The second-order valence-corrected chi connectivity index (χ2v) is 7.70. The van der Waals surface area contributed by atoms with Gasteiger partial charge in [-0.1, -0.05) is 44.5 Å². The van der Waals surface area contributed by atoms with E-state index in [2.05, 4.69) is 20.8 Å². The van der Waals surface area contributed by atoms with E-state index in [4.69, 9.17) is 4.74 Å². The highest BCUT2D eigenvalue weighted by atomic mass is 16.5. The molecule has 2 aliphatic rings. The first-order valence-electron chi connectivity index (χ1n) is 8.06. The monoisotopic (exact) mass is 286 g/mol.